The van der Waals surface area contributed by atoms with Crippen LogP contribution in [0.3, 0.4) is 0 Å². The molecule has 2 N–H and O–H groups in total. The molecule has 2 saturated heterocycles. The topological polar surface area (TPSA) is 87.7 Å². The van der Waals surface area contributed by atoms with Crippen LogP contribution in [0.25, 0.3) is 0 Å². The summed E-state index contributed by atoms with van der Waals surface area (Å²) in [6.07, 6.45) is 8.04. The molecule has 6 rings (SSSR count). The lowest BCUT2D eigenvalue weighted by molar-refractivity contribution is -0.142. The third-order valence-electron chi connectivity index (χ3n) is 9.56. The third-order valence-corrected chi connectivity index (χ3v) is 10.3. The third kappa shape index (κ3) is 4.87. The smallest absolute Gasteiger partial charge is 0.246 e. The van der Waals surface area contributed by atoms with Gasteiger partial charge in [-0.25, -0.2) is 4.39 Å². The number of thioether (sulfide) groups is 1. The molecule has 3 amide bonds. The van der Waals surface area contributed by atoms with Gasteiger partial charge in [-0.1, -0.05) is 57.0 Å². The van der Waals surface area contributed by atoms with Gasteiger partial charge in [-0.2, -0.15) is 0 Å². The molecule has 3 fully saturated rings. The second-order valence-electron chi connectivity index (χ2n) is 11.9. The number of benzene rings is 2. The Hall–Kier alpha value is -3.17. The number of halogens is 1. The van der Waals surface area contributed by atoms with Gasteiger partial charge in [0.1, 0.15) is 17.5 Å². The van der Waals surface area contributed by atoms with E-state index < -0.39 is 29.6 Å². The average Bonchev–Trinajstić information content (AvgIpc) is 3.60. The lowest BCUT2D eigenvalue weighted by Crippen LogP contribution is -2.57. The zero-order chi connectivity index (χ0) is 28.9. The van der Waals surface area contributed by atoms with Crippen LogP contribution in [-0.4, -0.2) is 52.7 Å². The van der Waals surface area contributed by atoms with E-state index in [1.165, 1.54) is 17.0 Å². The summed E-state index contributed by atoms with van der Waals surface area (Å²) >= 11 is 1.57. The van der Waals surface area contributed by atoms with E-state index >= 15 is 0 Å². The summed E-state index contributed by atoms with van der Waals surface area (Å²) in [5, 5.41) is 6.25. The Balaban J connectivity index is 1.32. The molecule has 8 atom stereocenters. The number of amides is 3. The second kappa shape index (κ2) is 10.9. The number of nitrogens with zero attached hydrogens (tertiary/aromatic N) is 1. The highest BCUT2D eigenvalue weighted by molar-refractivity contribution is 7.98. The Kier molecular flexibility index (Phi) is 7.44. The number of nitrogens with one attached hydrogen (secondary N) is 2. The van der Waals surface area contributed by atoms with Gasteiger partial charge in [0.2, 0.25) is 17.7 Å². The van der Waals surface area contributed by atoms with Crippen molar-refractivity contribution < 1.29 is 23.5 Å². The van der Waals surface area contributed by atoms with E-state index in [1.807, 2.05) is 42.7 Å². The molecular formula is C32H36FN3O4S. The summed E-state index contributed by atoms with van der Waals surface area (Å²) in [6, 6.07) is 12.5. The number of hydrogen-bond donors (Lipinski definition) is 2. The Morgan fingerprint density at radius 2 is 1.90 bits per heavy atom. The molecular weight excluding hydrogens is 541 g/mol. The first-order valence-electron chi connectivity index (χ1n) is 14.4. The molecule has 0 radical (unpaired) electrons. The Bertz CT molecular complexity index is 1380. The standard InChI is InChI=1S/C32H36FN3O4S/c1-18-6-4-9-24(19(18)2)35-30(38)28-32-15-14-25(40-32)26(29(37)34-22-7-5-8-23(16-22)41-3)27(32)31(39)36(28)17-20-10-12-21(33)13-11-20/h5,7-8,10-16,18-19,24-28H,4,6,9,17H2,1-3H3,(H,34,37)(H,35,38)/t18-,19-,24+,25-,26+,27-,28-,32-/m0/s1. The van der Waals surface area contributed by atoms with Gasteiger partial charge in [-0.15, -0.1) is 11.8 Å². The highest BCUT2D eigenvalue weighted by Crippen LogP contribution is 2.55. The number of likely N-dealkylation sites (tertiary alicyclic amines) is 1. The maximum atomic E-state index is 14.2. The lowest BCUT2D eigenvalue weighted by atomic mass is 9.73. The molecule has 3 heterocycles. The fourth-order valence-electron chi connectivity index (χ4n) is 7.20. The van der Waals surface area contributed by atoms with Crippen LogP contribution >= 0.6 is 11.8 Å². The van der Waals surface area contributed by atoms with Gasteiger partial charge in [-0.05, 0) is 60.4 Å². The monoisotopic (exact) mass is 577 g/mol. The number of carbonyl (C=O) groups excluding carboxylic acids is 3. The number of rotatable bonds is 7. The first kappa shape index (κ1) is 28.0. The minimum Gasteiger partial charge on any atom is -0.359 e. The van der Waals surface area contributed by atoms with Crippen LogP contribution in [0.1, 0.15) is 38.7 Å². The molecule has 0 unspecified atom stereocenters. The largest absolute Gasteiger partial charge is 0.359 e. The number of anilines is 1. The Morgan fingerprint density at radius 3 is 2.66 bits per heavy atom. The van der Waals surface area contributed by atoms with E-state index in [0.29, 0.717) is 23.1 Å². The molecule has 1 aliphatic carbocycles. The first-order valence-corrected chi connectivity index (χ1v) is 15.6. The lowest BCUT2D eigenvalue weighted by Gasteiger charge is -2.38. The molecule has 41 heavy (non-hydrogen) atoms. The van der Waals surface area contributed by atoms with Crippen LogP contribution in [0.2, 0.25) is 0 Å². The van der Waals surface area contributed by atoms with Gasteiger partial charge in [0.15, 0.2) is 0 Å². The molecule has 0 aromatic heterocycles. The quantitative estimate of drug-likeness (QED) is 0.366. The predicted molar refractivity (Wildman–Crippen MR) is 155 cm³/mol. The van der Waals surface area contributed by atoms with Gasteiger partial charge in [0.05, 0.1) is 17.9 Å². The summed E-state index contributed by atoms with van der Waals surface area (Å²) < 4.78 is 20.1. The van der Waals surface area contributed by atoms with Crippen molar-refractivity contribution in [2.45, 2.75) is 68.3 Å². The first-order chi connectivity index (χ1) is 19.7. The van der Waals surface area contributed by atoms with Crippen molar-refractivity contribution >= 4 is 35.2 Å². The SMILES string of the molecule is CSc1cccc(NC(=O)[C@@H]2[C@@H]3C=C[C@]4(O3)[C@@H]2C(=O)N(Cc2ccc(F)cc2)[C@H]4C(=O)N[C@@H]2CCC[C@H](C)[C@@H]2C)c1. The van der Waals surface area contributed by atoms with Crippen LogP contribution in [0.15, 0.2) is 65.6 Å². The summed E-state index contributed by atoms with van der Waals surface area (Å²) in [5.74, 6) is -2.11. The second-order valence-corrected chi connectivity index (χ2v) is 12.8. The molecule has 2 aromatic rings. The van der Waals surface area contributed by atoms with Crippen molar-refractivity contribution in [3.05, 3.63) is 72.1 Å². The summed E-state index contributed by atoms with van der Waals surface area (Å²) in [4.78, 5) is 44.6. The maximum absolute atomic E-state index is 14.2. The summed E-state index contributed by atoms with van der Waals surface area (Å²) in [7, 11) is 0. The van der Waals surface area contributed by atoms with Crippen molar-refractivity contribution in [1.29, 1.82) is 0 Å². The number of hydrogen-bond acceptors (Lipinski definition) is 5. The minimum absolute atomic E-state index is 0.00476. The van der Waals surface area contributed by atoms with E-state index in [1.54, 1.807) is 23.9 Å². The van der Waals surface area contributed by atoms with Crippen LogP contribution in [0.5, 0.6) is 0 Å². The highest BCUT2D eigenvalue weighted by Gasteiger charge is 2.72. The maximum Gasteiger partial charge on any atom is 0.246 e. The van der Waals surface area contributed by atoms with Crippen molar-refractivity contribution in [3.8, 4) is 0 Å². The van der Waals surface area contributed by atoms with Crippen molar-refractivity contribution in [2.75, 3.05) is 11.6 Å². The molecule has 7 nitrogen and oxygen atoms in total. The molecule has 1 spiro atoms. The molecule has 1 saturated carbocycles. The van der Waals surface area contributed by atoms with E-state index in [2.05, 4.69) is 24.5 Å². The van der Waals surface area contributed by atoms with Crippen LogP contribution in [-0.2, 0) is 25.7 Å². The molecule has 3 aliphatic heterocycles. The zero-order valence-corrected chi connectivity index (χ0v) is 24.3. The number of fused-ring (bicyclic) bond motifs is 1. The summed E-state index contributed by atoms with van der Waals surface area (Å²) in [5.41, 5.74) is 0.0892. The molecule has 4 aliphatic rings. The van der Waals surface area contributed by atoms with Crippen molar-refractivity contribution in [3.63, 3.8) is 0 Å². The van der Waals surface area contributed by atoms with Gasteiger partial charge < -0.3 is 20.3 Å². The van der Waals surface area contributed by atoms with E-state index in [4.69, 9.17) is 4.74 Å². The van der Waals surface area contributed by atoms with Gasteiger partial charge in [0, 0.05) is 23.2 Å². The average molecular weight is 578 g/mol. The fourth-order valence-corrected chi connectivity index (χ4v) is 7.66. The normalized spacial score (nSPS) is 33.6. The predicted octanol–water partition coefficient (Wildman–Crippen LogP) is 4.78. The highest BCUT2D eigenvalue weighted by atomic mass is 32.2. The zero-order valence-electron chi connectivity index (χ0n) is 23.5. The van der Waals surface area contributed by atoms with Crippen molar-refractivity contribution in [2.24, 2.45) is 23.7 Å². The number of carbonyl (C=O) groups is 3. The minimum atomic E-state index is -1.25. The summed E-state index contributed by atoms with van der Waals surface area (Å²) in [6.45, 7) is 4.48. The van der Waals surface area contributed by atoms with Crippen LogP contribution in [0.4, 0.5) is 10.1 Å². The van der Waals surface area contributed by atoms with Gasteiger partial charge >= 0.3 is 0 Å². The Morgan fingerprint density at radius 1 is 1.12 bits per heavy atom. The number of ether oxygens (including phenoxy) is 1. The Labute approximate surface area is 244 Å². The molecule has 2 bridgehead atoms. The van der Waals surface area contributed by atoms with Gasteiger partial charge in [0.25, 0.3) is 0 Å². The fraction of sp³-hybridized carbons (Fsp3) is 0.469. The van der Waals surface area contributed by atoms with Gasteiger partial charge in [-0.3, -0.25) is 14.4 Å². The van der Waals surface area contributed by atoms with Crippen molar-refractivity contribution in [1.82, 2.24) is 10.2 Å². The van der Waals surface area contributed by atoms with Crippen LogP contribution in [0, 0.1) is 29.5 Å². The molecule has 2 aromatic carbocycles. The molecule has 216 valence electrons. The van der Waals surface area contributed by atoms with Crippen LogP contribution < -0.4 is 10.6 Å². The van der Waals surface area contributed by atoms with E-state index in [-0.39, 0.29) is 36.1 Å². The van der Waals surface area contributed by atoms with E-state index in [0.717, 1.165) is 24.2 Å². The molecule has 9 heteroatoms. The van der Waals surface area contributed by atoms with E-state index in [9.17, 15) is 18.8 Å².